The number of fused-ring (bicyclic) bond motifs is 1. The zero-order valence-corrected chi connectivity index (χ0v) is 20.2. The van der Waals surface area contributed by atoms with E-state index in [4.69, 9.17) is 21.3 Å². The second kappa shape index (κ2) is 10.3. The number of amides is 1. The number of carbonyl (C=O) groups is 1. The maximum absolute atomic E-state index is 11.4. The van der Waals surface area contributed by atoms with Crippen LogP contribution in [0.25, 0.3) is 22.6 Å². The Labute approximate surface area is 208 Å². The van der Waals surface area contributed by atoms with Crippen LogP contribution in [0, 0.1) is 0 Å². The predicted octanol–water partition coefficient (Wildman–Crippen LogP) is 4.09. The van der Waals surface area contributed by atoms with Crippen LogP contribution in [-0.4, -0.2) is 58.5 Å². The normalized spacial score (nSPS) is 15.9. The van der Waals surface area contributed by atoms with Gasteiger partial charge in [-0.25, -0.2) is 9.97 Å². The molecule has 9 heteroatoms. The summed E-state index contributed by atoms with van der Waals surface area (Å²) in [5.41, 5.74) is 4.39. The zero-order valence-electron chi connectivity index (χ0n) is 19.4. The number of nitrogens with zero attached hydrogens (tertiary/aromatic N) is 3. The zero-order chi connectivity index (χ0) is 24.2. The lowest BCUT2D eigenvalue weighted by molar-refractivity contribution is -0.122. The van der Waals surface area contributed by atoms with E-state index in [-0.39, 0.29) is 18.6 Å². The SMILES string of the molecule is CNC(=O)COc1ccc(-c2nc3c(N[C@H]4CCN(Cc5ccccc5)C4)c(Cl)cnc3[nH]2)cc1. The smallest absolute Gasteiger partial charge is 0.257 e. The molecule has 3 heterocycles. The van der Waals surface area contributed by atoms with Crippen molar-refractivity contribution in [2.24, 2.45) is 0 Å². The first-order valence-electron chi connectivity index (χ1n) is 11.6. The highest BCUT2D eigenvalue weighted by Crippen LogP contribution is 2.32. The number of nitrogens with one attached hydrogen (secondary N) is 3. The molecular weight excluding hydrogens is 464 g/mol. The van der Waals surface area contributed by atoms with Crippen LogP contribution >= 0.6 is 11.6 Å². The predicted molar refractivity (Wildman–Crippen MR) is 138 cm³/mol. The van der Waals surface area contributed by atoms with Crippen molar-refractivity contribution in [3.8, 4) is 17.1 Å². The number of imidazole rings is 1. The number of ether oxygens (including phenoxy) is 1. The molecule has 2 aromatic heterocycles. The summed E-state index contributed by atoms with van der Waals surface area (Å²) in [5, 5.41) is 6.70. The molecule has 1 aliphatic heterocycles. The number of benzene rings is 2. The monoisotopic (exact) mass is 490 g/mol. The third-order valence-corrected chi connectivity index (χ3v) is 6.40. The molecule has 0 saturated carbocycles. The molecule has 1 saturated heterocycles. The minimum atomic E-state index is -0.181. The number of pyridine rings is 1. The number of aromatic amines is 1. The van der Waals surface area contributed by atoms with Gasteiger partial charge in [0.25, 0.3) is 5.91 Å². The fraction of sp³-hybridized carbons (Fsp3) is 0.269. The Morgan fingerprint density at radius 3 is 2.77 bits per heavy atom. The first-order valence-corrected chi connectivity index (χ1v) is 12.0. The minimum absolute atomic E-state index is 0.0259. The van der Waals surface area contributed by atoms with Crippen LogP contribution < -0.4 is 15.4 Å². The summed E-state index contributed by atoms with van der Waals surface area (Å²) >= 11 is 6.55. The van der Waals surface area contributed by atoms with E-state index in [2.05, 4.69) is 49.8 Å². The summed E-state index contributed by atoms with van der Waals surface area (Å²) in [6.07, 6.45) is 2.68. The van der Waals surface area contributed by atoms with Crippen molar-refractivity contribution in [1.82, 2.24) is 25.2 Å². The highest BCUT2D eigenvalue weighted by molar-refractivity contribution is 6.34. The molecular formula is C26H27ClN6O2. The molecule has 0 aliphatic carbocycles. The fourth-order valence-corrected chi connectivity index (χ4v) is 4.47. The lowest BCUT2D eigenvalue weighted by atomic mass is 10.2. The van der Waals surface area contributed by atoms with Crippen molar-refractivity contribution in [3.05, 3.63) is 71.4 Å². The van der Waals surface area contributed by atoms with E-state index in [1.807, 2.05) is 30.3 Å². The van der Waals surface area contributed by atoms with Gasteiger partial charge >= 0.3 is 0 Å². The third kappa shape index (κ3) is 5.39. The summed E-state index contributed by atoms with van der Waals surface area (Å²) in [6, 6.07) is 18.2. The van der Waals surface area contributed by atoms with Crippen molar-refractivity contribution < 1.29 is 9.53 Å². The van der Waals surface area contributed by atoms with Crippen LogP contribution in [-0.2, 0) is 11.3 Å². The van der Waals surface area contributed by atoms with Gasteiger partial charge in [-0.3, -0.25) is 9.69 Å². The number of hydrogen-bond donors (Lipinski definition) is 3. The number of H-pyrrole nitrogens is 1. The molecule has 35 heavy (non-hydrogen) atoms. The highest BCUT2D eigenvalue weighted by atomic mass is 35.5. The van der Waals surface area contributed by atoms with Crippen LogP contribution in [0.1, 0.15) is 12.0 Å². The molecule has 0 spiro atoms. The molecule has 3 N–H and O–H groups in total. The number of carbonyl (C=O) groups excluding carboxylic acids is 1. The molecule has 0 radical (unpaired) electrons. The number of likely N-dealkylation sites (N-methyl/N-ethyl adjacent to an activating group) is 1. The second-order valence-electron chi connectivity index (χ2n) is 8.60. The van der Waals surface area contributed by atoms with Gasteiger partial charge in [-0.2, -0.15) is 0 Å². The Kier molecular flexibility index (Phi) is 6.83. The Balaban J connectivity index is 1.30. The number of anilines is 1. The summed E-state index contributed by atoms with van der Waals surface area (Å²) in [5.74, 6) is 1.12. The van der Waals surface area contributed by atoms with E-state index >= 15 is 0 Å². The summed E-state index contributed by atoms with van der Waals surface area (Å²) in [6.45, 7) is 2.87. The lowest BCUT2D eigenvalue weighted by Gasteiger charge is -2.18. The molecule has 8 nitrogen and oxygen atoms in total. The topological polar surface area (TPSA) is 95.2 Å². The number of likely N-dealkylation sites (tertiary alicyclic amines) is 1. The van der Waals surface area contributed by atoms with Crippen LogP contribution in [0.4, 0.5) is 5.69 Å². The average Bonchev–Trinajstić information content (AvgIpc) is 3.52. The maximum atomic E-state index is 11.4. The third-order valence-electron chi connectivity index (χ3n) is 6.11. The van der Waals surface area contributed by atoms with Gasteiger partial charge in [-0.05, 0) is 36.2 Å². The molecule has 1 fully saturated rings. The van der Waals surface area contributed by atoms with Gasteiger partial charge in [-0.15, -0.1) is 0 Å². The standard InChI is InChI=1S/C26H27ClN6O2/c1-28-22(34)16-35-20-9-7-18(8-10-20)25-31-24-23(21(27)13-29-26(24)32-25)30-19-11-12-33(15-19)14-17-5-3-2-4-6-17/h2-10,13,19H,11-12,14-16H2,1H3,(H,28,34)(H2,29,30,31,32)/t19-/m0/s1. The van der Waals surface area contributed by atoms with Crippen LogP contribution in [0.5, 0.6) is 5.75 Å². The lowest BCUT2D eigenvalue weighted by Crippen LogP contribution is -2.26. The number of hydrogen-bond acceptors (Lipinski definition) is 6. The fourth-order valence-electron chi connectivity index (χ4n) is 4.27. The van der Waals surface area contributed by atoms with Crippen LogP contribution in [0.3, 0.4) is 0 Å². The molecule has 1 amide bonds. The maximum Gasteiger partial charge on any atom is 0.257 e. The van der Waals surface area contributed by atoms with Crippen LogP contribution in [0.2, 0.25) is 5.02 Å². The molecule has 5 rings (SSSR count). The Morgan fingerprint density at radius 2 is 2.00 bits per heavy atom. The Morgan fingerprint density at radius 1 is 1.20 bits per heavy atom. The molecule has 1 atom stereocenters. The van der Waals surface area contributed by atoms with E-state index in [0.717, 1.165) is 37.3 Å². The van der Waals surface area contributed by atoms with E-state index in [9.17, 15) is 4.79 Å². The highest BCUT2D eigenvalue weighted by Gasteiger charge is 2.24. The Hall–Kier alpha value is -3.62. The average molecular weight is 491 g/mol. The summed E-state index contributed by atoms with van der Waals surface area (Å²) in [7, 11) is 1.58. The molecule has 4 aromatic rings. The van der Waals surface area contributed by atoms with Gasteiger partial charge in [0.05, 0.1) is 16.9 Å². The summed E-state index contributed by atoms with van der Waals surface area (Å²) < 4.78 is 5.48. The van der Waals surface area contributed by atoms with Gasteiger partial charge < -0.3 is 20.4 Å². The molecule has 2 aromatic carbocycles. The number of rotatable bonds is 8. The number of halogens is 1. The van der Waals surface area contributed by atoms with Gasteiger partial charge in [0.1, 0.15) is 17.1 Å². The van der Waals surface area contributed by atoms with Crippen molar-refractivity contribution in [2.45, 2.75) is 19.0 Å². The quantitative estimate of drug-likeness (QED) is 0.344. The van der Waals surface area contributed by atoms with Crippen molar-refractivity contribution in [1.29, 1.82) is 0 Å². The van der Waals surface area contributed by atoms with E-state index in [0.29, 0.717) is 27.8 Å². The first-order chi connectivity index (χ1) is 17.1. The largest absolute Gasteiger partial charge is 0.484 e. The van der Waals surface area contributed by atoms with Gasteiger partial charge in [0.2, 0.25) is 0 Å². The first kappa shape index (κ1) is 23.1. The molecule has 1 aliphatic rings. The second-order valence-corrected chi connectivity index (χ2v) is 9.01. The van der Waals surface area contributed by atoms with Crippen molar-refractivity contribution in [3.63, 3.8) is 0 Å². The molecule has 0 unspecified atom stereocenters. The van der Waals surface area contributed by atoms with E-state index < -0.39 is 0 Å². The minimum Gasteiger partial charge on any atom is -0.484 e. The van der Waals surface area contributed by atoms with Crippen molar-refractivity contribution in [2.75, 3.05) is 32.1 Å². The molecule has 180 valence electrons. The van der Waals surface area contributed by atoms with Gasteiger partial charge in [0, 0.05) is 38.3 Å². The van der Waals surface area contributed by atoms with Gasteiger partial charge in [-0.1, -0.05) is 41.9 Å². The summed E-state index contributed by atoms with van der Waals surface area (Å²) in [4.78, 5) is 26.4. The Bertz CT molecular complexity index is 1310. The van der Waals surface area contributed by atoms with Crippen molar-refractivity contribution >= 4 is 34.4 Å². The van der Waals surface area contributed by atoms with Crippen LogP contribution in [0.15, 0.2) is 60.8 Å². The molecule has 0 bridgehead atoms. The van der Waals surface area contributed by atoms with E-state index in [1.54, 1.807) is 13.2 Å². The van der Waals surface area contributed by atoms with E-state index in [1.165, 1.54) is 5.56 Å². The van der Waals surface area contributed by atoms with Gasteiger partial charge in [0.15, 0.2) is 12.3 Å². The number of aromatic nitrogens is 3.